The van der Waals surface area contributed by atoms with Crippen molar-refractivity contribution < 1.29 is 17.9 Å². The first kappa shape index (κ1) is 18.0. The normalized spacial score (nSPS) is 19.8. The van der Waals surface area contributed by atoms with E-state index in [4.69, 9.17) is 9.47 Å². The smallest absolute Gasteiger partial charge is 0.282 e. The van der Waals surface area contributed by atoms with Crippen LogP contribution < -0.4 is 9.47 Å². The molecule has 0 saturated carbocycles. The van der Waals surface area contributed by atoms with Crippen molar-refractivity contribution in [2.75, 3.05) is 34.4 Å². The molecule has 0 bridgehead atoms. The highest BCUT2D eigenvalue weighted by atomic mass is 32.2. The number of benzene rings is 1. The van der Waals surface area contributed by atoms with Crippen molar-refractivity contribution in [3.8, 4) is 11.5 Å². The molecule has 0 unspecified atom stereocenters. The number of nitrogens with zero attached hydrogens (tertiary/aromatic N) is 2. The Labute approximate surface area is 139 Å². The molecule has 1 fully saturated rings. The fourth-order valence-electron chi connectivity index (χ4n) is 2.87. The van der Waals surface area contributed by atoms with Gasteiger partial charge < -0.3 is 9.47 Å². The zero-order valence-corrected chi connectivity index (χ0v) is 15.1. The molecule has 1 atom stereocenters. The maximum absolute atomic E-state index is 12.7. The number of piperidine rings is 1. The minimum atomic E-state index is -3.43. The molecule has 1 saturated heterocycles. The van der Waals surface area contributed by atoms with Gasteiger partial charge in [-0.05, 0) is 36.5 Å². The lowest BCUT2D eigenvalue weighted by Gasteiger charge is -2.33. The van der Waals surface area contributed by atoms with Gasteiger partial charge in [0.15, 0.2) is 11.5 Å². The molecular formula is C16H26N2O4S. The minimum absolute atomic E-state index is 0.299. The molecule has 0 amide bonds. The Balaban J connectivity index is 2.12. The van der Waals surface area contributed by atoms with E-state index < -0.39 is 10.2 Å². The number of hydrogen-bond acceptors (Lipinski definition) is 4. The lowest BCUT2D eigenvalue weighted by atomic mass is 10.0. The number of methoxy groups -OCH3 is 2. The topological polar surface area (TPSA) is 59.1 Å². The quantitative estimate of drug-likeness (QED) is 0.794. The van der Waals surface area contributed by atoms with Crippen molar-refractivity contribution in [3.05, 3.63) is 23.8 Å². The molecule has 1 aliphatic heterocycles. The van der Waals surface area contributed by atoms with Crippen molar-refractivity contribution in [1.82, 2.24) is 8.61 Å². The molecular weight excluding hydrogens is 316 g/mol. The van der Waals surface area contributed by atoms with Gasteiger partial charge in [0.1, 0.15) is 0 Å². The van der Waals surface area contributed by atoms with Crippen molar-refractivity contribution in [1.29, 1.82) is 0 Å². The summed E-state index contributed by atoms with van der Waals surface area (Å²) in [6.45, 7) is 3.59. The lowest BCUT2D eigenvalue weighted by Crippen LogP contribution is -2.45. The van der Waals surface area contributed by atoms with Crippen molar-refractivity contribution in [3.63, 3.8) is 0 Å². The fraction of sp³-hybridized carbons (Fsp3) is 0.625. The second-order valence-electron chi connectivity index (χ2n) is 6.06. The maximum Gasteiger partial charge on any atom is 0.282 e. The van der Waals surface area contributed by atoms with Gasteiger partial charge in [0.05, 0.1) is 14.2 Å². The highest BCUT2D eigenvalue weighted by Gasteiger charge is 2.30. The van der Waals surface area contributed by atoms with Gasteiger partial charge in [-0.3, -0.25) is 0 Å². The summed E-state index contributed by atoms with van der Waals surface area (Å²) in [7, 11) is 1.32. The van der Waals surface area contributed by atoms with Gasteiger partial charge in [-0.1, -0.05) is 13.0 Å². The summed E-state index contributed by atoms with van der Waals surface area (Å²) in [6, 6.07) is 5.45. The summed E-state index contributed by atoms with van der Waals surface area (Å²) < 4.78 is 38.9. The Morgan fingerprint density at radius 2 is 1.96 bits per heavy atom. The van der Waals surface area contributed by atoms with E-state index >= 15 is 0 Å². The monoisotopic (exact) mass is 342 g/mol. The van der Waals surface area contributed by atoms with E-state index in [1.807, 2.05) is 12.1 Å². The van der Waals surface area contributed by atoms with Crippen LogP contribution in [0, 0.1) is 5.92 Å². The highest BCUT2D eigenvalue weighted by molar-refractivity contribution is 7.86. The van der Waals surface area contributed by atoms with E-state index in [0.717, 1.165) is 18.4 Å². The van der Waals surface area contributed by atoms with Crippen LogP contribution in [0.5, 0.6) is 11.5 Å². The van der Waals surface area contributed by atoms with Crippen LogP contribution in [0.1, 0.15) is 25.3 Å². The number of hydrogen-bond donors (Lipinski definition) is 0. The van der Waals surface area contributed by atoms with E-state index in [-0.39, 0.29) is 0 Å². The van der Waals surface area contributed by atoms with Crippen LogP contribution in [0.2, 0.25) is 0 Å². The summed E-state index contributed by atoms with van der Waals surface area (Å²) in [4.78, 5) is 0. The molecule has 1 aliphatic rings. The predicted molar refractivity (Wildman–Crippen MR) is 89.9 cm³/mol. The summed E-state index contributed by atoms with van der Waals surface area (Å²) in [5.41, 5.74) is 0.860. The summed E-state index contributed by atoms with van der Waals surface area (Å²) in [5.74, 6) is 1.64. The molecule has 7 heteroatoms. The van der Waals surface area contributed by atoms with Crippen molar-refractivity contribution in [2.45, 2.75) is 26.3 Å². The Morgan fingerprint density at radius 3 is 2.57 bits per heavy atom. The molecule has 2 rings (SSSR count). The SMILES string of the molecule is COc1ccc(CN(C)S(=O)(=O)N2CCC[C@@H](C)C2)cc1OC. The van der Waals surface area contributed by atoms with E-state index in [1.165, 1.54) is 4.31 Å². The third-order valence-electron chi connectivity index (χ3n) is 4.19. The van der Waals surface area contributed by atoms with Gasteiger partial charge in [0.2, 0.25) is 0 Å². The Bertz CT molecular complexity index is 633. The fourth-order valence-corrected chi connectivity index (χ4v) is 4.38. The molecule has 23 heavy (non-hydrogen) atoms. The van der Waals surface area contributed by atoms with Gasteiger partial charge in [0.25, 0.3) is 10.2 Å². The average Bonchev–Trinajstić information content (AvgIpc) is 2.54. The molecule has 0 aromatic heterocycles. The molecule has 0 radical (unpaired) electrons. The Kier molecular flexibility index (Phi) is 5.89. The van der Waals surface area contributed by atoms with E-state index in [9.17, 15) is 8.42 Å². The largest absolute Gasteiger partial charge is 0.493 e. The predicted octanol–water partition coefficient (Wildman–Crippen LogP) is 2.11. The molecule has 1 aromatic rings. The first-order chi connectivity index (χ1) is 10.9. The van der Waals surface area contributed by atoms with Crippen molar-refractivity contribution >= 4 is 10.2 Å². The number of ether oxygens (including phenoxy) is 2. The molecule has 1 aromatic carbocycles. The first-order valence-electron chi connectivity index (χ1n) is 7.80. The van der Waals surface area contributed by atoms with Crippen molar-refractivity contribution in [2.24, 2.45) is 5.92 Å². The minimum Gasteiger partial charge on any atom is -0.493 e. The second-order valence-corrected chi connectivity index (χ2v) is 8.09. The zero-order valence-electron chi connectivity index (χ0n) is 14.3. The summed E-state index contributed by atoms with van der Waals surface area (Å²) in [5, 5.41) is 0. The van der Waals surface area contributed by atoms with E-state index in [1.54, 1.807) is 31.6 Å². The lowest BCUT2D eigenvalue weighted by molar-refractivity contribution is 0.263. The van der Waals surface area contributed by atoms with Gasteiger partial charge in [-0.15, -0.1) is 0 Å². The van der Waals surface area contributed by atoms with Crippen LogP contribution in [-0.2, 0) is 16.8 Å². The molecule has 0 spiro atoms. The molecule has 130 valence electrons. The van der Waals surface area contributed by atoms with Crippen LogP contribution >= 0.6 is 0 Å². The Hall–Kier alpha value is -1.31. The van der Waals surface area contributed by atoms with Gasteiger partial charge in [-0.2, -0.15) is 17.0 Å². The zero-order chi connectivity index (χ0) is 17.0. The third kappa shape index (κ3) is 4.16. The Morgan fingerprint density at radius 1 is 1.26 bits per heavy atom. The second kappa shape index (κ2) is 7.51. The van der Waals surface area contributed by atoms with E-state index in [0.29, 0.717) is 37.1 Å². The summed E-state index contributed by atoms with van der Waals surface area (Å²) in [6.07, 6.45) is 2.01. The third-order valence-corrected chi connectivity index (χ3v) is 6.09. The standard InChI is InChI=1S/C16H26N2O4S/c1-13-6-5-9-18(11-13)23(19,20)17(2)12-14-7-8-15(21-3)16(10-14)22-4/h7-8,10,13H,5-6,9,11-12H2,1-4H3/t13-/m1/s1. The highest BCUT2D eigenvalue weighted by Crippen LogP contribution is 2.28. The molecule has 1 heterocycles. The van der Waals surface area contributed by atoms with Crippen LogP contribution in [0.15, 0.2) is 18.2 Å². The van der Waals surface area contributed by atoms with Crippen LogP contribution in [0.4, 0.5) is 0 Å². The first-order valence-corrected chi connectivity index (χ1v) is 9.20. The van der Waals surface area contributed by atoms with Gasteiger partial charge in [-0.25, -0.2) is 0 Å². The summed E-state index contributed by atoms with van der Waals surface area (Å²) >= 11 is 0. The average molecular weight is 342 g/mol. The number of rotatable bonds is 6. The van der Waals surface area contributed by atoms with Gasteiger partial charge >= 0.3 is 0 Å². The maximum atomic E-state index is 12.7. The van der Waals surface area contributed by atoms with E-state index in [2.05, 4.69) is 6.92 Å². The molecule has 0 aliphatic carbocycles. The van der Waals surface area contributed by atoms with Crippen LogP contribution in [0.25, 0.3) is 0 Å². The van der Waals surface area contributed by atoms with Gasteiger partial charge in [0, 0.05) is 26.7 Å². The van der Waals surface area contributed by atoms with Crippen LogP contribution in [0.3, 0.4) is 0 Å². The van der Waals surface area contributed by atoms with Crippen LogP contribution in [-0.4, -0.2) is 51.4 Å². The molecule has 6 nitrogen and oxygen atoms in total. The molecule has 0 N–H and O–H groups in total.